The van der Waals surface area contributed by atoms with Crippen molar-refractivity contribution in [2.75, 3.05) is 12.5 Å². The minimum absolute atomic E-state index is 0.0243. The predicted octanol–water partition coefficient (Wildman–Crippen LogP) is 1.60. The summed E-state index contributed by atoms with van der Waals surface area (Å²) >= 11 is 16.7. The van der Waals surface area contributed by atoms with E-state index in [0.29, 0.717) is 5.75 Å². The molecule has 1 aromatic rings. The van der Waals surface area contributed by atoms with Gasteiger partial charge in [-0.1, -0.05) is 34.8 Å². The third kappa shape index (κ3) is 2.51. The molecule has 8 heteroatoms. The highest BCUT2D eigenvalue weighted by Crippen LogP contribution is 2.37. The lowest BCUT2D eigenvalue weighted by molar-refractivity contribution is 0.412. The van der Waals surface area contributed by atoms with Crippen LogP contribution < -0.4 is 16.0 Å². The fourth-order valence-electron chi connectivity index (χ4n) is 0.760. The smallest absolute Gasteiger partial charge is 0.250 e. The van der Waals surface area contributed by atoms with Crippen molar-refractivity contribution in [1.29, 1.82) is 0 Å². The molecule has 1 aromatic heterocycles. The average Bonchev–Trinajstić information content (AvgIpc) is 2.15. The molecule has 0 amide bonds. The molecule has 0 aliphatic rings. The van der Waals surface area contributed by atoms with Crippen molar-refractivity contribution in [2.24, 2.45) is 5.84 Å². The number of hydrazine groups is 1. The zero-order chi connectivity index (χ0) is 10.8. The zero-order valence-electron chi connectivity index (χ0n) is 7.09. The Bertz CT molecular complexity index is 327. The summed E-state index contributed by atoms with van der Waals surface area (Å²) in [7, 11) is 1.45. The Kier molecular flexibility index (Phi) is 3.60. The van der Waals surface area contributed by atoms with E-state index in [2.05, 4.69) is 15.4 Å². The summed E-state index contributed by atoms with van der Waals surface area (Å²) < 4.78 is 3.22. The van der Waals surface area contributed by atoms with Crippen molar-refractivity contribution in [1.82, 2.24) is 9.97 Å². The molecule has 0 aliphatic carbocycles. The van der Waals surface area contributed by atoms with Crippen LogP contribution in [0.5, 0.6) is 5.75 Å². The normalized spacial score (nSPS) is 11.2. The minimum atomic E-state index is -1.68. The average molecular weight is 258 g/mol. The number of nitrogens with zero attached hydrogens (tertiary/aromatic N) is 2. The van der Waals surface area contributed by atoms with E-state index in [9.17, 15) is 0 Å². The van der Waals surface area contributed by atoms with Crippen LogP contribution in [0.2, 0.25) is 0 Å². The number of nitrogen functional groups attached to an aromatic ring is 1. The summed E-state index contributed by atoms with van der Waals surface area (Å²) in [5.74, 6) is 5.83. The molecule has 0 aromatic carbocycles. The second-order valence-corrected chi connectivity index (χ2v) is 4.53. The van der Waals surface area contributed by atoms with E-state index in [0.717, 1.165) is 0 Å². The number of rotatable bonds is 2. The van der Waals surface area contributed by atoms with Gasteiger partial charge in [0.25, 0.3) is 0 Å². The Morgan fingerprint density at radius 3 is 2.57 bits per heavy atom. The fraction of sp³-hybridized carbons (Fsp3) is 0.333. The Balaban J connectivity index is 3.14. The zero-order valence-corrected chi connectivity index (χ0v) is 9.36. The first-order valence-electron chi connectivity index (χ1n) is 3.44. The molecule has 0 fully saturated rings. The number of methoxy groups -OCH3 is 1. The monoisotopic (exact) mass is 256 g/mol. The number of nitrogens with one attached hydrogen (secondary N) is 1. The molecule has 0 atom stereocenters. The van der Waals surface area contributed by atoms with E-state index in [1.165, 1.54) is 13.3 Å². The van der Waals surface area contributed by atoms with Gasteiger partial charge < -0.3 is 10.2 Å². The highest BCUT2D eigenvalue weighted by molar-refractivity contribution is 6.66. The first-order chi connectivity index (χ1) is 6.49. The lowest BCUT2D eigenvalue weighted by Gasteiger charge is -2.12. The van der Waals surface area contributed by atoms with Crippen LogP contribution in [-0.2, 0) is 3.79 Å². The summed E-state index contributed by atoms with van der Waals surface area (Å²) in [5, 5.41) is 0. The molecule has 0 saturated carbocycles. The van der Waals surface area contributed by atoms with Gasteiger partial charge in [-0.15, -0.1) is 0 Å². The Morgan fingerprint density at radius 1 is 1.50 bits per heavy atom. The van der Waals surface area contributed by atoms with Gasteiger partial charge in [-0.25, -0.2) is 15.8 Å². The molecule has 0 unspecified atom stereocenters. The van der Waals surface area contributed by atoms with Crippen molar-refractivity contribution in [3.63, 3.8) is 0 Å². The summed E-state index contributed by atoms with van der Waals surface area (Å²) in [6.45, 7) is 0. The number of hydrogen-bond acceptors (Lipinski definition) is 5. The Hall–Kier alpha value is -0.490. The fourth-order valence-corrected chi connectivity index (χ4v) is 1.03. The van der Waals surface area contributed by atoms with Crippen LogP contribution in [0.15, 0.2) is 6.20 Å². The number of alkyl halides is 3. The first-order valence-corrected chi connectivity index (χ1v) is 4.57. The van der Waals surface area contributed by atoms with Crippen LogP contribution in [0.1, 0.15) is 5.82 Å². The molecule has 14 heavy (non-hydrogen) atoms. The van der Waals surface area contributed by atoms with Crippen LogP contribution in [0.25, 0.3) is 0 Å². The van der Waals surface area contributed by atoms with Crippen LogP contribution in [-0.4, -0.2) is 17.1 Å². The summed E-state index contributed by atoms with van der Waals surface area (Å²) in [5.41, 5.74) is 2.31. The van der Waals surface area contributed by atoms with E-state index >= 15 is 0 Å². The number of anilines is 1. The third-order valence-corrected chi connectivity index (χ3v) is 1.87. The van der Waals surface area contributed by atoms with Crippen molar-refractivity contribution in [3.8, 4) is 5.75 Å². The van der Waals surface area contributed by atoms with E-state index < -0.39 is 3.79 Å². The van der Waals surface area contributed by atoms with E-state index in [1.807, 2.05) is 0 Å². The highest BCUT2D eigenvalue weighted by Gasteiger charge is 2.27. The van der Waals surface area contributed by atoms with Crippen LogP contribution in [0, 0.1) is 0 Å². The SMILES string of the molecule is COc1cnc(C(Cl)(Cl)Cl)nc1NN. The van der Waals surface area contributed by atoms with Gasteiger partial charge >= 0.3 is 0 Å². The van der Waals surface area contributed by atoms with Crippen LogP contribution in [0.3, 0.4) is 0 Å². The maximum absolute atomic E-state index is 5.58. The molecule has 3 N–H and O–H groups in total. The molecule has 0 spiro atoms. The predicted molar refractivity (Wildman–Crippen MR) is 55.6 cm³/mol. The summed E-state index contributed by atoms with van der Waals surface area (Å²) in [4.78, 5) is 7.67. The highest BCUT2D eigenvalue weighted by atomic mass is 35.6. The summed E-state index contributed by atoms with van der Waals surface area (Å²) in [6.07, 6.45) is 1.36. The lowest BCUT2D eigenvalue weighted by atomic mass is 10.5. The summed E-state index contributed by atoms with van der Waals surface area (Å²) in [6, 6.07) is 0. The van der Waals surface area contributed by atoms with Crippen LogP contribution >= 0.6 is 34.8 Å². The maximum atomic E-state index is 5.58. The molecule has 1 heterocycles. The van der Waals surface area contributed by atoms with E-state index in [-0.39, 0.29) is 11.6 Å². The van der Waals surface area contributed by atoms with Gasteiger partial charge in [-0.3, -0.25) is 0 Å². The number of ether oxygens (including phenoxy) is 1. The quantitative estimate of drug-likeness (QED) is 0.478. The molecule has 0 radical (unpaired) electrons. The first kappa shape index (κ1) is 11.6. The molecular formula is C6H7Cl3N4O. The van der Waals surface area contributed by atoms with Gasteiger partial charge in [0.15, 0.2) is 17.4 Å². The van der Waals surface area contributed by atoms with Crippen molar-refractivity contribution >= 4 is 40.6 Å². The number of aromatic nitrogens is 2. The molecular weight excluding hydrogens is 250 g/mol. The molecule has 5 nitrogen and oxygen atoms in total. The largest absolute Gasteiger partial charge is 0.491 e. The maximum Gasteiger partial charge on any atom is 0.250 e. The standard InChI is InChI=1S/C6H7Cl3N4O/c1-14-3-2-11-5(6(7,8)9)12-4(3)13-10/h2H,10H2,1H3,(H,11,12,13). The molecule has 0 bridgehead atoms. The van der Waals surface area contributed by atoms with Crippen molar-refractivity contribution < 1.29 is 4.74 Å². The number of nitrogens with two attached hydrogens (primary N) is 1. The van der Waals surface area contributed by atoms with Gasteiger partial charge in [-0.05, 0) is 0 Å². The molecule has 1 rings (SSSR count). The topological polar surface area (TPSA) is 73.1 Å². The van der Waals surface area contributed by atoms with E-state index in [4.69, 9.17) is 45.4 Å². The van der Waals surface area contributed by atoms with Gasteiger partial charge in [0.1, 0.15) is 0 Å². The van der Waals surface area contributed by atoms with Gasteiger partial charge in [0.05, 0.1) is 13.3 Å². The second-order valence-electron chi connectivity index (χ2n) is 2.25. The van der Waals surface area contributed by atoms with Crippen molar-refractivity contribution in [3.05, 3.63) is 12.0 Å². The number of halogens is 3. The van der Waals surface area contributed by atoms with Gasteiger partial charge in [-0.2, -0.15) is 0 Å². The van der Waals surface area contributed by atoms with E-state index in [1.54, 1.807) is 0 Å². The van der Waals surface area contributed by atoms with Crippen molar-refractivity contribution in [2.45, 2.75) is 3.79 Å². The minimum Gasteiger partial charge on any atom is -0.491 e. The Labute approximate surface area is 95.5 Å². The third-order valence-electron chi connectivity index (χ3n) is 1.37. The molecule has 0 aliphatic heterocycles. The lowest BCUT2D eigenvalue weighted by Crippen LogP contribution is -2.14. The number of hydrogen-bond donors (Lipinski definition) is 2. The molecule has 78 valence electrons. The van der Waals surface area contributed by atoms with Gasteiger partial charge in [0.2, 0.25) is 3.79 Å². The Morgan fingerprint density at radius 2 is 2.14 bits per heavy atom. The van der Waals surface area contributed by atoms with Crippen LogP contribution in [0.4, 0.5) is 5.82 Å². The van der Waals surface area contributed by atoms with Gasteiger partial charge in [0, 0.05) is 0 Å². The second kappa shape index (κ2) is 4.35. The molecule has 0 saturated heterocycles.